The minimum absolute atomic E-state index is 0.236. The Labute approximate surface area is 158 Å². The molecule has 0 saturated heterocycles. The molecule has 3 rings (SSSR count). The molecule has 0 atom stereocenters. The molecule has 0 radical (unpaired) electrons. The molecule has 0 aliphatic carbocycles. The zero-order valence-corrected chi connectivity index (χ0v) is 17.0. The van der Waals surface area contributed by atoms with Gasteiger partial charge in [-0.1, -0.05) is 44.0 Å². The quantitative estimate of drug-likeness (QED) is 0.665. The van der Waals surface area contributed by atoms with Gasteiger partial charge in [0.25, 0.3) is 10.0 Å². The van der Waals surface area contributed by atoms with Crippen molar-refractivity contribution in [2.45, 2.75) is 13.8 Å². The molecule has 2 aromatic carbocycles. The highest BCUT2D eigenvalue weighted by atomic mass is 79.9. The molecule has 0 amide bonds. The van der Waals surface area contributed by atoms with Crippen LogP contribution in [0.4, 0.5) is 5.69 Å². The van der Waals surface area contributed by atoms with E-state index in [9.17, 15) is 8.42 Å². The van der Waals surface area contributed by atoms with Gasteiger partial charge in [-0.2, -0.15) is 8.42 Å². The Morgan fingerprint density at radius 3 is 2.46 bits per heavy atom. The Kier molecular flexibility index (Phi) is 4.68. The summed E-state index contributed by atoms with van der Waals surface area (Å²) in [5, 5.41) is 3.11. The van der Waals surface area contributed by atoms with E-state index >= 15 is 0 Å². The monoisotopic (exact) mass is 468 g/mol. The lowest BCUT2D eigenvalue weighted by molar-refractivity contribution is 0.608. The number of hydrogen-bond donors (Lipinski definition) is 1. The van der Waals surface area contributed by atoms with Crippen molar-refractivity contribution in [1.29, 1.82) is 0 Å². The second kappa shape index (κ2) is 6.46. The van der Waals surface area contributed by atoms with Gasteiger partial charge in [0.05, 0.1) is 0 Å². The lowest BCUT2D eigenvalue weighted by atomic mass is 10.1. The second-order valence-electron chi connectivity index (χ2n) is 5.47. The minimum atomic E-state index is -3.72. The van der Waals surface area contributed by atoms with E-state index in [2.05, 4.69) is 41.6 Å². The summed E-state index contributed by atoms with van der Waals surface area (Å²) in [6, 6.07) is 12.9. The van der Waals surface area contributed by atoms with Crippen molar-refractivity contribution in [2.75, 3.05) is 5.32 Å². The summed E-state index contributed by atoms with van der Waals surface area (Å²) < 4.78 is 30.7. The molecule has 1 aliphatic heterocycles. The van der Waals surface area contributed by atoms with Crippen molar-refractivity contribution in [3.8, 4) is 0 Å². The van der Waals surface area contributed by atoms with Crippen LogP contribution in [0.15, 0.2) is 61.4 Å². The molecule has 0 aromatic heterocycles. The van der Waals surface area contributed by atoms with E-state index < -0.39 is 10.0 Å². The van der Waals surface area contributed by atoms with Crippen molar-refractivity contribution in [3.63, 3.8) is 0 Å². The minimum Gasteiger partial charge on any atom is -0.339 e. The fraction of sp³-hybridized carbons (Fsp3) is 0.118. The zero-order valence-electron chi connectivity index (χ0n) is 13.0. The molecule has 0 bridgehead atoms. The van der Waals surface area contributed by atoms with Crippen molar-refractivity contribution in [2.24, 2.45) is 4.40 Å². The third-order valence-electron chi connectivity index (χ3n) is 3.67. The molecule has 1 N–H and O–H groups in total. The van der Waals surface area contributed by atoms with E-state index in [1.165, 1.54) is 0 Å². The molecule has 1 aliphatic rings. The van der Waals surface area contributed by atoms with Crippen LogP contribution in [0.1, 0.15) is 18.1 Å². The van der Waals surface area contributed by atoms with Crippen molar-refractivity contribution in [1.82, 2.24) is 0 Å². The van der Waals surface area contributed by atoms with Gasteiger partial charge >= 0.3 is 0 Å². The molecule has 0 unspecified atom stereocenters. The predicted octanol–water partition coefficient (Wildman–Crippen LogP) is 5.11. The van der Waals surface area contributed by atoms with Crippen LogP contribution in [-0.2, 0) is 10.0 Å². The third-order valence-corrected chi connectivity index (χ3v) is 6.54. The van der Waals surface area contributed by atoms with Crippen LogP contribution >= 0.6 is 31.9 Å². The van der Waals surface area contributed by atoms with Gasteiger partial charge in [-0.25, -0.2) is 0 Å². The van der Waals surface area contributed by atoms with Crippen LogP contribution in [0, 0.1) is 6.92 Å². The van der Waals surface area contributed by atoms with Gasteiger partial charge in [-0.05, 0) is 55.3 Å². The fourth-order valence-corrected chi connectivity index (χ4v) is 4.57. The first-order valence-electron chi connectivity index (χ1n) is 7.13. The Hall–Kier alpha value is -1.44. The average Bonchev–Trinajstić information content (AvgIpc) is 2.72. The SMILES string of the molecule is CC1=C(c2cccc(Br)c2)S(=O)(=O)N=C1Nc1ccc(Br)c(C)c1. The van der Waals surface area contributed by atoms with Gasteiger partial charge in [0.2, 0.25) is 0 Å². The maximum Gasteiger partial charge on any atom is 0.285 e. The van der Waals surface area contributed by atoms with E-state index in [1.54, 1.807) is 25.1 Å². The molecule has 0 fully saturated rings. The molecular weight excluding hydrogens is 456 g/mol. The molecule has 0 spiro atoms. The Balaban J connectivity index is 2.02. The van der Waals surface area contributed by atoms with Crippen LogP contribution in [-0.4, -0.2) is 14.3 Å². The highest BCUT2D eigenvalue weighted by molar-refractivity contribution is 9.10. The molecular formula is C17H14Br2N2O2S. The summed E-state index contributed by atoms with van der Waals surface area (Å²) in [4.78, 5) is 0.236. The zero-order chi connectivity index (χ0) is 17.5. The lowest BCUT2D eigenvalue weighted by Crippen LogP contribution is -2.11. The number of nitrogens with one attached hydrogen (secondary N) is 1. The maximum atomic E-state index is 12.5. The standard InChI is InChI=1S/C17H14Br2N2O2S/c1-10-8-14(6-7-15(10)19)20-17-11(2)16(24(22,23)21-17)12-4-3-5-13(18)9-12/h3-9H,1-2H3,(H,20,21). The van der Waals surface area contributed by atoms with Crippen molar-refractivity contribution < 1.29 is 8.42 Å². The first-order valence-corrected chi connectivity index (χ1v) is 10.2. The van der Waals surface area contributed by atoms with E-state index in [-0.39, 0.29) is 4.91 Å². The number of amidine groups is 1. The number of halogens is 2. The average molecular weight is 470 g/mol. The molecule has 4 nitrogen and oxygen atoms in total. The van der Waals surface area contributed by atoms with E-state index in [4.69, 9.17) is 0 Å². The van der Waals surface area contributed by atoms with E-state index in [0.29, 0.717) is 17.0 Å². The molecule has 1 heterocycles. The fourth-order valence-electron chi connectivity index (χ4n) is 2.51. The summed E-state index contributed by atoms with van der Waals surface area (Å²) in [5.74, 6) is 0.353. The molecule has 24 heavy (non-hydrogen) atoms. The first kappa shape index (κ1) is 17.4. The maximum absolute atomic E-state index is 12.5. The smallest absolute Gasteiger partial charge is 0.285 e. The number of hydrogen-bond acceptors (Lipinski definition) is 3. The van der Waals surface area contributed by atoms with Gasteiger partial charge < -0.3 is 5.32 Å². The second-order valence-corrected chi connectivity index (χ2v) is 8.78. The lowest BCUT2D eigenvalue weighted by Gasteiger charge is -2.09. The Bertz CT molecular complexity index is 995. The van der Waals surface area contributed by atoms with Crippen LogP contribution < -0.4 is 5.32 Å². The summed E-state index contributed by atoms with van der Waals surface area (Å²) in [5.41, 5.74) is 3.07. The number of rotatable bonds is 2. The molecule has 0 saturated carbocycles. The summed E-state index contributed by atoms with van der Waals surface area (Å²) >= 11 is 6.83. The summed E-state index contributed by atoms with van der Waals surface area (Å²) in [6.07, 6.45) is 0. The topological polar surface area (TPSA) is 58.5 Å². The van der Waals surface area contributed by atoms with Gasteiger partial charge in [-0.3, -0.25) is 0 Å². The number of benzene rings is 2. The van der Waals surface area contributed by atoms with Gasteiger partial charge in [0, 0.05) is 20.2 Å². The van der Waals surface area contributed by atoms with Gasteiger partial charge in [0.1, 0.15) is 10.7 Å². The van der Waals surface area contributed by atoms with Crippen molar-refractivity contribution >= 4 is 58.3 Å². The van der Waals surface area contributed by atoms with E-state index in [0.717, 1.165) is 20.2 Å². The van der Waals surface area contributed by atoms with Crippen LogP contribution in [0.25, 0.3) is 4.91 Å². The summed E-state index contributed by atoms with van der Waals surface area (Å²) in [6.45, 7) is 3.73. The number of sulfonamides is 1. The predicted molar refractivity (Wildman–Crippen MR) is 106 cm³/mol. The normalized spacial score (nSPS) is 16.2. The Morgan fingerprint density at radius 2 is 1.79 bits per heavy atom. The van der Waals surface area contributed by atoms with Crippen LogP contribution in [0.2, 0.25) is 0 Å². The Morgan fingerprint density at radius 1 is 1.04 bits per heavy atom. The third kappa shape index (κ3) is 3.34. The number of anilines is 1. The van der Waals surface area contributed by atoms with Gasteiger partial charge in [0.15, 0.2) is 0 Å². The van der Waals surface area contributed by atoms with Crippen LogP contribution in [0.5, 0.6) is 0 Å². The number of nitrogens with zero attached hydrogens (tertiary/aromatic N) is 1. The molecule has 7 heteroatoms. The molecule has 2 aromatic rings. The van der Waals surface area contributed by atoms with Crippen molar-refractivity contribution in [3.05, 3.63) is 68.1 Å². The highest BCUT2D eigenvalue weighted by Gasteiger charge is 2.31. The summed E-state index contributed by atoms with van der Waals surface area (Å²) in [7, 11) is -3.72. The largest absolute Gasteiger partial charge is 0.339 e. The first-order chi connectivity index (χ1) is 11.3. The highest BCUT2D eigenvalue weighted by Crippen LogP contribution is 2.34. The van der Waals surface area contributed by atoms with Crippen LogP contribution in [0.3, 0.4) is 0 Å². The number of aryl methyl sites for hydroxylation is 1. The van der Waals surface area contributed by atoms with E-state index in [1.807, 2.05) is 31.2 Å². The van der Waals surface area contributed by atoms with Gasteiger partial charge in [-0.15, -0.1) is 4.40 Å². The molecule has 124 valence electrons.